The smallest absolute Gasteiger partial charge is 0.224 e. The van der Waals surface area contributed by atoms with Gasteiger partial charge >= 0.3 is 0 Å². The minimum absolute atomic E-state index is 0.114. The molecular weight excluding hydrogens is 363 g/mol. The second-order valence-corrected chi connectivity index (χ2v) is 8.10. The van der Waals surface area contributed by atoms with Gasteiger partial charge in [-0.2, -0.15) is 0 Å². The Hall–Kier alpha value is -2.05. The Morgan fingerprint density at radius 3 is 2.89 bits per heavy atom. The number of thiophene rings is 1. The Morgan fingerprint density at radius 1 is 1.33 bits per heavy atom. The van der Waals surface area contributed by atoms with Crippen LogP contribution in [-0.2, 0) is 11.3 Å². The molecule has 27 heavy (non-hydrogen) atoms. The molecular formula is C21H25FN2O2S. The molecule has 1 atom stereocenters. The molecule has 1 amide bonds. The lowest BCUT2D eigenvalue weighted by Crippen LogP contribution is -2.35. The molecule has 1 unspecified atom stereocenters. The first kappa shape index (κ1) is 19.7. The number of rotatable bonds is 7. The van der Waals surface area contributed by atoms with E-state index in [2.05, 4.69) is 15.6 Å². The van der Waals surface area contributed by atoms with Gasteiger partial charge in [-0.25, -0.2) is 4.39 Å². The summed E-state index contributed by atoms with van der Waals surface area (Å²) < 4.78 is 13.6. The summed E-state index contributed by atoms with van der Waals surface area (Å²) in [7, 11) is 0. The molecule has 2 aromatic rings. The number of hydrogen-bond donors (Lipinski definition) is 1. The number of carbonyl (C=O) groups excluding carboxylic acids is 2. The monoisotopic (exact) mass is 388 g/mol. The fraction of sp³-hybridized carbons (Fsp3) is 0.429. The van der Waals surface area contributed by atoms with Crippen molar-refractivity contribution in [3.05, 3.63) is 52.0 Å². The number of para-hydroxylation sites is 1. The van der Waals surface area contributed by atoms with Crippen molar-refractivity contribution in [1.29, 1.82) is 0 Å². The Balaban J connectivity index is 1.46. The predicted molar refractivity (Wildman–Crippen MR) is 107 cm³/mol. The summed E-state index contributed by atoms with van der Waals surface area (Å²) in [6, 6.07) is 8.22. The molecule has 3 rings (SSSR count). The van der Waals surface area contributed by atoms with Gasteiger partial charge in [0.05, 0.1) is 10.6 Å². The molecule has 1 aliphatic rings. The van der Waals surface area contributed by atoms with Crippen LogP contribution in [0.1, 0.15) is 47.8 Å². The SMILES string of the molecule is CC(=O)c1cc(CN2CCCC(CCC(=O)Nc3ccccc3F)C2)cs1. The number of amides is 1. The summed E-state index contributed by atoms with van der Waals surface area (Å²) in [6.07, 6.45) is 3.44. The van der Waals surface area contributed by atoms with Gasteiger partial charge in [-0.05, 0) is 67.8 Å². The van der Waals surface area contributed by atoms with E-state index in [9.17, 15) is 14.0 Å². The third-order valence-electron chi connectivity index (χ3n) is 4.94. The summed E-state index contributed by atoms with van der Waals surface area (Å²) >= 11 is 1.50. The van der Waals surface area contributed by atoms with Crippen LogP contribution in [0.2, 0.25) is 0 Å². The average molecular weight is 389 g/mol. The summed E-state index contributed by atoms with van der Waals surface area (Å²) in [5.41, 5.74) is 1.43. The number of likely N-dealkylation sites (tertiary alicyclic amines) is 1. The van der Waals surface area contributed by atoms with Crippen LogP contribution in [0.4, 0.5) is 10.1 Å². The number of carbonyl (C=O) groups is 2. The highest BCUT2D eigenvalue weighted by molar-refractivity contribution is 7.12. The van der Waals surface area contributed by atoms with Crippen LogP contribution in [0.5, 0.6) is 0 Å². The normalized spacial score (nSPS) is 17.6. The van der Waals surface area contributed by atoms with Crippen LogP contribution in [0.3, 0.4) is 0 Å². The second-order valence-electron chi connectivity index (χ2n) is 7.19. The molecule has 0 aliphatic carbocycles. The minimum atomic E-state index is -0.407. The first-order chi connectivity index (χ1) is 13.0. The first-order valence-electron chi connectivity index (χ1n) is 9.36. The highest BCUT2D eigenvalue weighted by Gasteiger charge is 2.21. The number of ketones is 1. The van der Waals surface area contributed by atoms with Crippen LogP contribution < -0.4 is 5.32 Å². The fourth-order valence-corrected chi connectivity index (χ4v) is 4.35. The van der Waals surface area contributed by atoms with Crippen molar-refractivity contribution in [2.24, 2.45) is 5.92 Å². The molecule has 0 radical (unpaired) electrons. The second kappa shape index (κ2) is 9.24. The van der Waals surface area contributed by atoms with E-state index in [-0.39, 0.29) is 17.4 Å². The molecule has 4 nitrogen and oxygen atoms in total. The van der Waals surface area contributed by atoms with Crippen molar-refractivity contribution in [3.63, 3.8) is 0 Å². The summed E-state index contributed by atoms with van der Waals surface area (Å²) in [5, 5.41) is 4.71. The van der Waals surface area contributed by atoms with E-state index >= 15 is 0 Å². The lowest BCUT2D eigenvalue weighted by molar-refractivity contribution is -0.116. The summed E-state index contributed by atoms with van der Waals surface area (Å²) in [4.78, 5) is 26.8. The van der Waals surface area contributed by atoms with Gasteiger partial charge in [0, 0.05) is 19.5 Å². The van der Waals surface area contributed by atoms with Gasteiger partial charge in [-0.15, -0.1) is 11.3 Å². The molecule has 144 valence electrons. The standard InChI is InChI=1S/C21H25FN2O2S/c1-15(25)20-11-17(14-27-20)13-24-10-4-5-16(12-24)8-9-21(26)23-19-7-3-2-6-18(19)22/h2-3,6-7,11,14,16H,4-5,8-10,12-13H2,1H3,(H,23,26). The quantitative estimate of drug-likeness (QED) is 0.698. The van der Waals surface area contributed by atoms with Crippen molar-refractivity contribution < 1.29 is 14.0 Å². The Kier molecular flexibility index (Phi) is 6.74. The number of hydrogen-bond acceptors (Lipinski definition) is 4. The van der Waals surface area contributed by atoms with Gasteiger partial charge in [0.15, 0.2) is 5.78 Å². The van der Waals surface area contributed by atoms with Crippen LogP contribution in [0.25, 0.3) is 0 Å². The zero-order chi connectivity index (χ0) is 19.2. The summed E-state index contributed by atoms with van der Waals surface area (Å²) in [6.45, 7) is 4.45. The van der Waals surface area contributed by atoms with Gasteiger partial charge in [0.1, 0.15) is 5.82 Å². The molecule has 2 heterocycles. The molecule has 1 fully saturated rings. The van der Waals surface area contributed by atoms with Gasteiger partial charge in [-0.1, -0.05) is 12.1 Å². The molecule has 0 saturated carbocycles. The lowest BCUT2D eigenvalue weighted by atomic mass is 9.93. The molecule has 1 N–H and O–H groups in total. The number of nitrogens with zero attached hydrogens (tertiary/aromatic N) is 1. The molecule has 1 aromatic carbocycles. The minimum Gasteiger partial charge on any atom is -0.324 e. The molecule has 0 spiro atoms. The largest absolute Gasteiger partial charge is 0.324 e. The van der Waals surface area contributed by atoms with Gasteiger partial charge < -0.3 is 5.32 Å². The zero-order valence-corrected chi connectivity index (χ0v) is 16.4. The van der Waals surface area contributed by atoms with E-state index in [0.717, 1.165) is 43.8 Å². The number of Topliss-reactive ketones (excluding diaryl/α,β-unsaturated/α-hetero) is 1. The Labute approximate surface area is 163 Å². The third kappa shape index (κ3) is 5.71. The van der Waals surface area contributed by atoms with Gasteiger partial charge in [0.25, 0.3) is 0 Å². The van der Waals surface area contributed by atoms with E-state index in [0.29, 0.717) is 12.3 Å². The van der Waals surface area contributed by atoms with Crippen LogP contribution in [0, 0.1) is 11.7 Å². The molecule has 6 heteroatoms. The third-order valence-corrected chi connectivity index (χ3v) is 6.02. The van der Waals surface area contributed by atoms with Crippen molar-refractivity contribution in [2.75, 3.05) is 18.4 Å². The zero-order valence-electron chi connectivity index (χ0n) is 15.5. The molecule has 1 saturated heterocycles. The van der Waals surface area contributed by atoms with E-state index in [1.165, 1.54) is 23.0 Å². The number of halogens is 1. The van der Waals surface area contributed by atoms with Crippen molar-refractivity contribution >= 4 is 28.7 Å². The van der Waals surface area contributed by atoms with E-state index in [1.807, 2.05) is 6.07 Å². The first-order valence-corrected chi connectivity index (χ1v) is 10.2. The average Bonchev–Trinajstić information content (AvgIpc) is 3.11. The fourth-order valence-electron chi connectivity index (χ4n) is 3.54. The van der Waals surface area contributed by atoms with Crippen LogP contribution in [0.15, 0.2) is 35.7 Å². The van der Waals surface area contributed by atoms with Gasteiger partial charge in [0.2, 0.25) is 5.91 Å². The van der Waals surface area contributed by atoms with Crippen molar-refractivity contribution in [1.82, 2.24) is 4.90 Å². The Bertz CT molecular complexity index is 805. The highest BCUT2D eigenvalue weighted by Crippen LogP contribution is 2.24. The van der Waals surface area contributed by atoms with Crippen LogP contribution in [-0.4, -0.2) is 29.7 Å². The van der Waals surface area contributed by atoms with Crippen molar-refractivity contribution in [2.45, 2.75) is 39.2 Å². The number of nitrogens with one attached hydrogen (secondary N) is 1. The molecule has 1 aromatic heterocycles. The maximum Gasteiger partial charge on any atom is 0.224 e. The number of benzene rings is 1. The van der Waals surface area contributed by atoms with E-state index in [4.69, 9.17) is 0 Å². The number of anilines is 1. The molecule has 1 aliphatic heterocycles. The maximum absolute atomic E-state index is 13.6. The highest BCUT2D eigenvalue weighted by atomic mass is 32.1. The summed E-state index contributed by atoms with van der Waals surface area (Å²) in [5.74, 6) is 0.0382. The van der Waals surface area contributed by atoms with E-state index < -0.39 is 5.82 Å². The van der Waals surface area contributed by atoms with Crippen molar-refractivity contribution in [3.8, 4) is 0 Å². The molecule has 0 bridgehead atoms. The number of piperidine rings is 1. The maximum atomic E-state index is 13.6. The lowest BCUT2D eigenvalue weighted by Gasteiger charge is -2.32. The predicted octanol–water partition coefficient (Wildman–Crippen LogP) is 4.72. The van der Waals surface area contributed by atoms with E-state index in [1.54, 1.807) is 25.1 Å². The van der Waals surface area contributed by atoms with Gasteiger partial charge in [-0.3, -0.25) is 14.5 Å². The Morgan fingerprint density at radius 2 is 2.15 bits per heavy atom. The van der Waals surface area contributed by atoms with Crippen LogP contribution >= 0.6 is 11.3 Å². The topological polar surface area (TPSA) is 49.4 Å².